The van der Waals surface area contributed by atoms with E-state index in [0.717, 1.165) is 6.42 Å². The van der Waals surface area contributed by atoms with Gasteiger partial charge in [-0.3, -0.25) is 9.59 Å². The first-order valence-corrected chi connectivity index (χ1v) is 5.96. The maximum Gasteiger partial charge on any atom is 0.325 e. The third-order valence-electron chi connectivity index (χ3n) is 3.06. The molecule has 0 spiro atoms. The monoisotopic (exact) mass is 243 g/mol. The van der Waals surface area contributed by atoms with Gasteiger partial charge in [0, 0.05) is 12.6 Å². The van der Waals surface area contributed by atoms with Crippen molar-refractivity contribution >= 4 is 11.9 Å². The molecule has 1 amide bonds. The summed E-state index contributed by atoms with van der Waals surface area (Å²) < 4.78 is 10.0. The molecule has 0 bridgehead atoms. The van der Waals surface area contributed by atoms with Gasteiger partial charge in [-0.05, 0) is 26.2 Å². The van der Waals surface area contributed by atoms with Crippen LogP contribution in [0.1, 0.15) is 27.2 Å². The second-order valence-corrected chi connectivity index (χ2v) is 4.69. The molecule has 1 saturated heterocycles. The molecule has 0 aromatic heterocycles. The number of methoxy groups -OCH3 is 1. The second kappa shape index (κ2) is 6.00. The van der Waals surface area contributed by atoms with Crippen molar-refractivity contribution in [2.75, 3.05) is 20.3 Å². The molecule has 2 unspecified atom stereocenters. The van der Waals surface area contributed by atoms with Crippen LogP contribution >= 0.6 is 0 Å². The summed E-state index contributed by atoms with van der Waals surface area (Å²) in [6.07, 6.45) is 0.475. The third-order valence-corrected chi connectivity index (χ3v) is 3.06. The largest absolute Gasteiger partial charge is 0.468 e. The van der Waals surface area contributed by atoms with E-state index in [0.29, 0.717) is 6.61 Å². The fourth-order valence-corrected chi connectivity index (χ4v) is 1.89. The summed E-state index contributed by atoms with van der Waals surface area (Å²) in [6, 6.07) is -0.0435. The third kappa shape index (κ3) is 3.43. The van der Waals surface area contributed by atoms with Crippen LogP contribution in [-0.4, -0.2) is 49.2 Å². The molecular formula is C12H21NO4. The minimum Gasteiger partial charge on any atom is -0.468 e. The van der Waals surface area contributed by atoms with E-state index < -0.39 is 12.1 Å². The highest BCUT2D eigenvalue weighted by Gasteiger charge is 2.35. The van der Waals surface area contributed by atoms with Crippen molar-refractivity contribution < 1.29 is 19.1 Å². The first kappa shape index (κ1) is 14.0. The maximum absolute atomic E-state index is 12.2. The molecule has 17 heavy (non-hydrogen) atoms. The van der Waals surface area contributed by atoms with Gasteiger partial charge in [-0.25, -0.2) is 0 Å². The maximum atomic E-state index is 12.2. The van der Waals surface area contributed by atoms with Gasteiger partial charge in [0.1, 0.15) is 12.6 Å². The normalized spacial score (nSPS) is 23.8. The summed E-state index contributed by atoms with van der Waals surface area (Å²) in [7, 11) is 1.32. The molecule has 0 saturated carbocycles. The summed E-state index contributed by atoms with van der Waals surface area (Å²) in [5.74, 6) is -0.311. The summed E-state index contributed by atoms with van der Waals surface area (Å²) in [5, 5.41) is 0. The van der Waals surface area contributed by atoms with Crippen molar-refractivity contribution in [3.8, 4) is 0 Å². The van der Waals surface area contributed by atoms with E-state index in [2.05, 4.69) is 4.74 Å². The molecule has 98 valence electrons. The smallest absolute Gasteiger partial charge is 0.325 e. The number of esters is 1. The molecular weight excluding hydrogens is 222 g/mol. The molecule has 1 rings (SSSR count). The van der Waals surface area contributed by atoms with Gasteiger partial charge in [-0.2, -0.15) is 0 Å². The highest BCUT2D eigenvalue weighted by atomic mass is 16.5. The lowest BCUT2D eigenvalue weighted by molar-refractivity contribution is -0.153. The van der Waals surface area contributed by atoms with E-state index >= 15 is 0 Å². The van der Waals surface area contributed by atoms with Crippen molar-refractivity contribution in [2.45, 2.75) is 39.3 Å². The molecule has 5 nitrogen and oxygen atoms in total. The number of carbonyl (C=O) groups is 2. The van der Waals surface area contributed by atoms with Crippen LogP contribution in [-0.2, 0) is 19.1 Å². The van der Waals surface area contributed by atoms with E-state index in [1.165, 1.54) is 12.0 Å². The standard InChI is InChI=1S/C12H21NO4/c1-8(2)13(7-10(14)16-4)12(15)11-9(3)5-6-17-11/h8-9,11H,5-7H2,1-4H3. The Balaban J connectivity index is 2.69. The fourth-order valence-electron chi connectivity index (χ4n) is 1.89. The van der Waals surface area contributed by atoms with Gasteiger partial charge in [0.2, 0.25) is 0 Å². The second-order valence-electron chi connectivity index (χ2n) is 4.69. The van der Waals surface area contributed by atoms with Crippen LogP contribution in [0.25, 0.3) is 0 Å². The van der Waals surface area contributed by atoms with E-state index in [1.807, 2.05) is 20.8 Å². The first-order valence-electron chi connectivity index (χ1n) is 5.96. The zero-order chi connectivity index (χ0) is 13.0. The Labute approximate surface area is 102 Å². The Morgan fingerprint density at radius 3 is 2.53 bits per heavy atom. The zero-order valence-electron chi connectivity index (χ0n) is 10.9. The molecule has 1 fully saturated rings. The van der Waals surface area contributed by atoms with Crippen LogP contribution in [0.15, 0.2) is 0 Å². The Bertz CT molecular complexity index is 290. The quantitative estimate of drug-likeness (QED) is 0.686. The SMILES string of the molecule is COC(=O)CN(C(=O)C1OCCC1C)C(C)C. The van der Waals surface area contributed by atoms with Crippen molar-refractivity contribution in [3.63, 3.8) is 0 Å². The fraction of sp³-hybridized carbons (Fsp3) is 0.833. The molecule has 1 aliphatic heterocycles. The van der Waals surface area contributed by atoms with Gasteiger partial charge in [-0.15, -0.1) is 0 Å². The van der Waals surface area contributed by atoms with Gasteiger partial charge >= 0.3 is 5.97 Å². The molecule has 0 radical (unpaired) electrons. The number of amides is 1. The zero-order valence-corrected chi connectivity index (χ0v) is 10.9. The predicted molar refractivity (Wildman–Crippen MR) is 62.4 cm³/mol. The van der Waals surface area contributed by atoms with E-state index in [4.69, 9.17) is 4.74 Å². The van der Waals surface area contributed by atoms with Gasteiger partial charge in [0.25, 0.3) is 5.91 Å². The molecule has 2 atom stereocenters. The van der Waals surface area contributed by atoms with Gasteiger partial charge < -0.3 is 14.4 Å². The van der Waals surface area contributed by atoms with Crippen molar-refractivity contribution in [3.05, 3.63) is 0 Å². The van der Waals surface area contributed by atoms with Crippen LogP contribution in [0.4, 0.5) is 0 Å². The van der Waals surface area contributed by atoms with E-state index in [1.54, 1.807) is 0 Å². The Morgan fingerprint density at radius 2 is 2.12 bits per heavy atom. The summed E-state index contributed by atoms with van der Waals surface area (Å²) >= 11 is 0. The topological polar surface area (TPSA) is 55.8 Å². The van der Waals surface area contributed by atoms with Crippen LogP contribution in [0.2, 0.25) is 0 Å². The number of ether oxygens (including phenoxy) is 2. The first-order chi connectivity index (χ1) is 7.97. The molecule has 0 N–H and O–H groups in total. The summed E-state index contributed by atoms with van der Waals surface area (Å²) in [6.45, 7) is 6.34. The Kier molecular flexibility index (Phi) is 4.93. The molecule has 0 aromatic rings. The van der Waals surface area contributed by atoms with Crippen molar-refractivity contribution in [2.24, 2.45) is 5.92 Å². The Morgan fingerprint density at radius 1 is 1.47 bits per heavy atom. The average Bonchev–Trinajstić information content (AvgIpc) is 2.70. The number of carbonyl (C=O) groups excluding carboxylic acids is 2. The molecule has 1 aliphatic rings. The van der Waals surface area contributed by atoms with Crippen LogP contribution < -0.4 is 0 Å². The van der Waals surface area contributed by atoms with Gasteiger partial charge in [-0.1, -0.05) is 6.92 Å². The number of nitrogens with zero attached hydrogens (tertiary/aromatic N) is 1. The number of hydrogen-bond donors (Lipinski definition) is 0. The van der Waals surface area contributed by atoms with Crippen LogP contribution in [0.3, 0.4) is 0 Å². The molecule has 1 heterocycles. The minimum absolute atomic E-state index is 0.0143. The highest BCUT2D eigenvalue weighted by Crippen LogP contribution is 2.22. The molecule has 0 aromatic carbocycles. The van der Waals surface area contributed by atoms with Crippen LogP contribution in [0, 0.1) is 5.92 Å². The van der Waals surface area contributed by atoms with Gasteiger partial charge in [0.05, 0.1) is 7.11 Å². The number of hydrogen-bond acceptors (Lipinski definition) is 4. The highest BCUT2D eigenvalue weighted by molar-refractivity contribution is 5.85. The predicted octanol–water partition coefficient (Wildman–Crippen LogP) is 0.821. The Hall–Kier alpha value is -1.10. The molecule has 5 heteroatoms. The average molecular weight is 243 g/mol. The van der Waals surface area contributed by atoms with Gasteiger partial charge in [0.15, 0.2) is 0 Å². The lowest BCUT2D eigenvalue weighted by atomic mass is 10.0. The molecule has 0 aliphatic carbocycles. The van der Waals surface area contributed by atoms with Crippen molar-refractivity contribution in [1.29, 1.82) is 0 Å². The number of rotatable bonds is 4. The lowest BCUT2D eigenvalue weighted by Crippen LogP contribution is -2.47. The summed E-state index contributed by atoms with van der Waals surface area (Å²) in [5.41, 5.74) is 0. The van der Waals surface area contributed by atoms with Crippen LogP contribution in [0.5, 0.6) is 0 Å². The minimum atomic E-state index is -0.415. The van der Waals surface area contributed by atoms with E-state index in [-0.39, 0.29) is 24.4 Å². The van der Waals surface area contributed by atoms with Crippen molar-refractivity contribution in [1.82, 2.24) is 4.90 Å². The summed E-state index contributed by atoms with van der Waals surface area (Å²) in [4.78, 5) is 25.0. The lowest BCUT2D eigenvalue weighted by Gasteiger charge is -2.29. The van der Waals surface area contributed by atoms with E-state index in [9.17, 15) is 9.59 Å².